The number of benzene rings is 2. The van der Waals surface area contributed by atoms with Gasteiger partial charge in [-0.15, -0.1) is 10.2 Å². The first-order valence-electron chi connectivity index (χ1n) is 11.3. The molecule has 0 saturated heterocycles. The summed E-state index contributed by atoms with van der Waals surface area (Å²) in [7, 11) is 0. The van der Waals surface area contributed by atoms with Gasteiger partial charge in [0, 0.05) is 24.8 Å². The van der Waals surface area contributed by atoms with E-state index < -0.39 is 0 Å². The van der Waals surface area contributed by atoms with Gasteiger partial charge in [0.25, 0.3) is 0 Å². The molecule has 0 spiro atoms. The lowest BCUT2D eigenvalue weighted by atomic mass is 10.1. The fourth-order valence-corrected chi connectivity index (χ4v) is 4.03. The molecule has 0 fully saturated rings. The topological polar surface area (TPSA) is 64.3 Å². The van der Waals surface area contributed by atoms with Crippen LogP contribution in [0.2, 0.25) is 0 Å². The van der Waals surface area contributed by atoms with Gasteiger partial charge in [-0.05, 0) is 75.1 Å². The molecule has 2 aromatic carbocycles. The fraction of sp³-hybridized carbons (Fsp3) is 0.296. The van der Waals surface area contributed by atoms with Crippen LogP contribution in [0.3, 0.4) is 0 Å². The van der Waals surface area contributed by atoms with Crippen molar-refractivity contribution < 1.29 is 9.15 Å². The van der Waals surface area contributed by atoms with Gasteiger partial charge in [0.1, 0.15) is 18.2 Å². The predicted octanol–water partition coefficient (Wildman–Crippen LogP) is 6.15. The molecule has 6 heteroatoms. The standard InChI is InChI=1S/C27H30N4O2/c1-6-31(7-2)25-20(5)15-23(16-28-25)27-30-29-26(33-27)22-13-18(3)24(19(4)14-22)32-17-21-11-9-8-10-12-21/h8-16H,6-7,17H2,1-5H3. The van der Waals surface area contributed by atoms with Crippen LogP contribution in [0.1, 0.15) is 36.1 Å². The minimum atomic E-state index is 0.464. The van der Waals surface area contributed by atoms with Gasteiger partial charge in [0.2, 0.25) is 11.8 Å². The first kappa shape index (κ1) is 22.5. The van der Waals surface area contributed by atoms with Gasteiger partial charge in [0.05, 0.1) is 5.56 Å². The molecule has 33 heavy (non-hydrogen) atoms. The molecule has 6 nitrogen and oxygen atoms in total. The Morgan fingerprint density at radius 2 is 1.42 bits per heavy atom. The summed E-state index contributed by atoms with van der Waals surface area (Å²) in [5.74, 6) is 2.82. The zero-order chi connectivity index (χ0) is 23.4. The number of hydrogen-bond donors (Lipinski definition) is 0. The van der Waals surface area contributed by atoms with Gasteiger partial charge < -0.3 is 14.1 Å². The first-order valence-corrected chi connectivity index (χ1v) is 11.3. The maximum Gasteiger partial charge on any atom is 0.249 e. The number of nitrogens with zero attached hydrogens (tertiary/aromatic N) is 4. The second kappa shape index (κ2) is 9.86. The molecule has 0 aliphatic rings. The number of anilines is 1. The van der Waals surface area contributed by atoms with Gasteiger partial charge in [-0.3, -0.25) is 0 Å². The summed E-state index contributed by atoms with van der Waals surface area (Å²) in [5, 5.41) is 8.57. The zero-order valence-corrected chi connectivity index (χ0v) is 19.9. The van der Waals surface area contributed by atoms with Crippen LogP contribution in [-0.2, 0) is 6.61 Å². The number of hydrogen-bond acceptors (Lipinski definition) is 6. The van der Waals surface area contributed by atoms with E-state index >= 15 is 0 Å². The molecule has 4 rings (SSSR count). The van der Waals surface area contributed by atoms with E-state index in [1.807, 2.05) is 44.2 Å². The van der Waals surface area contributed by atoms with Gasteiger partial charge in [-0.25, -0.2) is 4.98 Å². The van der Waals surface area contributed by atoms with Crippen LogP contribution >= 0.6 is 0 Å². The van der Waals surface area contributed by atoms with Crippen LogP contribution in [0.5, 0.6) is 5.75 Å². The highest BCUT2D eigenvalue weighted by Gasteiger charge is 2.16. The summed E-state index contributed by atoms with van der Waals surface area (Å²) in [4.78, 5) is 6.87. The van der Waals surface area contributed by atoms with Crippen molar-refractivity contribution in [2.45, 2.75) is 41.2 Å². The van der Waals surface area contributed by atoms with E-state index in [2.05, 4.69) is 59.1 Å². The third kappa shape index (κ3) is 4.90. The summed E-state index contributed by atoms with van der Waals surface area (Å²) in [6.07, 6.45) is 1.80. The molecule has 4 aromatic rings. The van der Waals surface area contributed by atoms with Crippen molar-refractivity contribution in [3.05, 3.63) is 77.0 Å². The largest absolute Gasteiger partial charge is 0.488 e. The Labute approximate surface area is 195 Å². The van der Waals surface area contributed by atoms with Crippen LogP contribution in [0.15, 0.2) is 59.1 Å². The van der Waals surface area contributed by atoms with Crippen molar-refractivity contribution in [1.29, 1.82) is 0 Å². The summed E-state index contributed by atoms with van der Waals surface area (Å²) >= 11 is 0. The second-order valence-corrected chi connectivity index (χ2v) is 8.16. The average Bonchev–Trinajstić information content (AvgIpc) is 3.31. The normalized spacial score (nSPS) is 10.9. The molecular weight excluding hydrogens is 412 g/mol. The SMILES string of the molecule is CCN(CC)c1ncc(-c2nnc(-c3cc(C)c(OCc4ccccc4)c(C)c3)o2)cc1C. The van der Waals surface area contributed by atoms with Gasteiger partial charge >= 0.3 is 0 Å². The predicted molar refractivity (Wildman–Crippen MR) is 132 cm³/mol. The average molecular weight is 443 g/mol. The van der Waals surface area contributed by atoms with Crippen molar-refractivity contribution in [2.24, 2.45) is 0 Å². The molecule has 0 atom stereocenters. The van der Waals surface area contributed by atoms with Crippen LogP contribution in [-0.4, -0.2) is 28.3 Å². The van der Waals surface area contributed by atoms with E-state index in [4.69, 9.17) is 9.15 Å². The molecule has 0 saturated carbocycles. The highest BCUT2D eigenvalue weighted by atomic mass is 16.5. The Kier molecular flexibility index (Phi) is 6.73. The number of pyridine rings is 1. The quantitative estimate of drug-likeness (QED) is 0.326. The Bertz CT molecular complexity index is 1210. The fourth-order valence-electron chi connectivity index (χ4n) is 4.03. The smallest absolute Gasteiger partial charge is 0.249 e. The van der Waals surface area contributed by atoms with Gasteiger partial charge in [0.15, 0.2) is 0 Å². The van der Waals surface area contributed by atoms with Crippen LogP contribution in [0.25, 0.3) is 22.9 Å². The van der Waals surface area contributed by atoms with Crippen LogP contribution in [0.4, 0.5) is 5.82 Å². The number of rotatable bonds is 8. The monoisotopic (exact) mass is 442 g/mol. The summed E-state index contributed by atoms with van der Waals surface area (Å²) in [5.41, 5.74) is 5.97. The van der Waals surface area contributed by atoms with Crippen molar-refractivity contribution >= 4 is 5.82 Å². The molecule has 0 N–H and O–H groups in total. The zero-order valence-electron chi connectivity index (χ0n) is 19.9. The van der Waals surface area contributed by atoms with Crippen molar-refractivity contribution in [3.8, 4) is 28.7 Å². The van der Waals surface area contributed by atoms with E-state index in [0.29, 0.717) is 18.4 Å². The van der Waals surface area contributed by atoms with Crippen LogP contribution in [0, 0.1) is 20.8 Å². The van der Waals surface area contributed by atoms with E-state index in [-0.39, 0.29) is 0 Å². The third-order valence-electron chi connectivity index (χ3n) is 5.72. The lowest BCUT2D eigenvalue weighted by Crippen LogP contribution is -2.23. The molecule has 0 aliphatic heterocycles. The minimum absolute atomic E-state index is 0.464. The Morgan fingerprint density at radius 1 is 0.818 bits per heavy atom. The molecular formula is C27H30N4O2. The molecule has 0 radical (unpaired) electrons. The first-order chi connectivity index (χ1) is 16.0. The number of aromatic nitrogens is 3. The van der Waals surface area contributed by atoms with Gasteiger partial charge in [-0.1, -0.05) is 30.3 Å². The Hall–Kier alpha value is -3.67. The highest BCUT2D eigenvalue weighted by molar-refractivity contribution is 5.63. The van der Waals surface area contributed by atoms with Crippen molar-refractivity contribution in [3.63, 3.8) is 0 Å². The van der Waals surface area contributed by atoms with Crippen LogP contribution < -0.4 is 9.64 Å². The Balaban J connectivity index is 1.55. The van der Waals surface area contributed by atoms with E-state index in [1.54, 1.807) is 6.20 Å². The summed E-state index contributed by atoms with van der Waals surface area (Å²) in [6, 6.07) is 16.3. The summed E-state index contributed by atoms with van der Waals surface area (Å²) in [6.45, 7) is 12.7. The molecule has 0 unspecified atom stereocenters. The van der Waals surface area contributed by atoms with E-state index in [0.717, 1.165) is 58.0 Å². The number of ether oxygens (including phenoxy) is 1. The Morgan fingerprint density at radius 3 is 2.03 bits per heavy atom. The second-order valence-electron chi connectivity index (χ2n) is 8.16. The molecule has 0 bridgehead atoms. The highest BCUT2D eigenvalue weighted by Crippen LogP contribution is 2.32. The van der Waals surface area contributed by atoms with E-state index in [1.165, 1.54) is 0 Å². The molecule has 2 heterocycles. The third-order valence-corrected chi connectivity index (χ3v) is 5.72. The molecule has 0 amide bonds. The van der Waals surface area contributed by atoms with Crippen molar-refractivity contribution in [2.75, 3.05) is 18.0 Å². The lowest BCUT2D eigenvalue weighted by molar-refractivity contribution is 0.302. The molecule has 2 aromatic heterocycles. The van der Waals surface area contributed by atoms with E-state index in [9.17, 15) is 0 Å². The molecule has 0 aliphatic carbocycles. The van der Waals surface area contributed by atoms with Gasteiger partial charge in [-0.2, -0.15) is 0 Å². The minimum Gasteiger partial charge on any atom is -0.488 e. The maximum atomic E-state index is 6.10. The lowest BCUT2D eigenvalue weighted by Gasteiger charge is -2.21. The number of aryl methyl sites for hydroxylation is 3. The maximum absolute atomic E-state index is 6.10. The van der Waals surface area contributed by atoms with Crippen molar-refractivity contribution in [1.82, 2.24) is 15.2 Å². The molecule has 170 valence electrons. The summed E-state index contributed by atoms with van der Waals surface area (Å²) < 4.78 is 12.1.